The Morgan fingerprint density at radius 3 is 1.08 bits per heavy atom. The minimum atomic E-state index is -2.61. The summed E-state index contributed by atoms with van der Waals surface area (Å²) in [6.45, 7) is 0. The third-order valence-electron chi connectivity index (χ3n) is 2.35. The number of carboxylic acids is 2. The Morgan fingerprint density at radius 2 is 0.846 bits per heavy atom. The van der Waals surface area contributed by atoms with Crippen LogP contribution in [0.5, 0.6) is 0 Å². The molecule has 0 amide bonds. The second kappa shape index (κ2) is 9.94. The molecular weight excluding hydrogens is 368 g/mol. The topological polar surface area (TPSA) is 242 Å². The molecule has 0 saturated heterocycles. The second-order valence-electron chi connectivity index (χ2n) is 4.27. The number of hydrogen-bond acceptors (Lipinski definition) is 12. The molecule has 4 unspecified atom stereocenters. The summed E-state index contributed by atoms with van der Waals surface area (Å²) in [6, 6.07) is 0. The molecular formula is C12H12O14. The van der Waals surface area contributed by atoms with Gasteiger partial charge in [-0.1, -0.05) is 0 Å². The molecule has 26 heavy (non-hydrogen) atoms. The van der Waals surface area contributed by atoms with Crippen LogP contribution in [0.3, 0.4) is 0 Å². The molecule has 0 rings (SSSR count). The normalized spacial score (nSPS) is 15.4. The van der Waals surface area contributed by atoms with Crippen LogP contribution >= 0.6 is 0 Å². The van der Waals surface area contributed by atoms with E-state index < -0.39 is 60.2 Å². The number of esters is 4. The minimum absolute atomic E-state index is 0.188. The highest BCUT2D eigenvalue weighted by atomic mass is 16.6. The number of ether oxygens (including phenoxy) is 2. The third kappa shape index (κ3) is 7.14. The fraction of sp³-hybridized carbons (Fsp3) is 0.333. The van der Waals surface area contributed by atoms with Gasteiger partial charge in [-0.25, -0.2) is 28.8 Å². The standard InChI is InChI=1S/C12H12O14/c13-3(25-11(23)7(17)5(15)9(19)20)1-2-4(14)26-12(24)8(18)6(16)10(21)22/h1-2,5-8,15-18H,(H,19,20)(H,21,22)/b2-1+. The molecule has 0 bridgehead atoms. The molecule has 0 aromatic carbocycles. The van der Waals surface area contributed by atoms with Crippen LogP contribution in [0.15, 0.2) is 12.2 Å². The Labute approximate surface area is 142 Å². The van der Waals surface area contributed by atoms with Crippen molar-refractivity contribution in [2.45, 2.75) is 24.4 Å². The highest BCUT2D eigenvalue weighted by molar-refractivity contribution is 6.01. The van der Waals surface area contributed by atoms with Crippen LogP contribution in [-0.2, 0) is 38.2 Å². The Bertz CT molecular complexity index is 580. The van der Waals surface area contributed by atoms with Gasteiger partial charge in [0.1, 0.15) is 0 Å². The molecule has 0 aliphatic heterocycles. The number of rotatable bonds is 8. The smallest absolute Gasteiger partial charge is 0.346 e. The fourth-order valence-electron chi connectivity index (χ4n) is 1.05. The highest BCUT2D eigenvalue weighted by Gasteiger charge is 2.33. The van der Waals surface area contributed by atoms with Gasteiger partial charge in [0.05, 0.1) is 0 Å². The maximum atomic E-state index is 11.1. The summed E-state index contributed by atoms with van der Waals surface area (Å²) < 4.78 is 7.72. The highest BCUT2D eigenvalue weighted by Crippen LogP contribution is 2.00. The van der Waals surface area contributed by atoms with Gasteiger partial charge in [0, 0.05) is 12.2 Å². The average molecular weight is 380 g/mol. The molecule has 14 nitrogen and oxygen atoms in total. The van der Waals surface area contributed by atoms with Gasteiger partial charge in [-0.15, -0.1) is 0 Å². The molecule has 0 heterocycles. The van der Waals surface area contributed by atoms with Gasteiger partial charge in [0.2, 0.25) is 0 Å². The number of hydrogen-bond donors (Lipinski definition) is 6. The summed E-state index contributed by atoms with van der Waals surface area (Å²) in [4.78, 5) is 65.1. The van der Waals surface area contributed by atoms with Crippen molar-refractivity contribution < 1.29 is 68.9 Å². The molecule has 0 aromatic heterocycles. The summed E-state index contributed by atoms with van der Waals surface area (Å²) in [7, 11) is 0. The summed E-state index contributed by atoms with van der Waals surface area (Å²) in [5.41, 5.74) is 0. The van der Waals surface area contributed by atoms with E-state index in [9.17, 15) is 28.8 Å². The molecule has 144 valence electrons. The Balaban J connectivity index is 4.62. The van der Waals surface area contributed by atoms with Crippen LogP contribution in [0.1, 0.15) is 0 Å². The van der Waals surface area contributed by atoms with Crippen LogP contribution < -0.4 is 0 Å². The zero-order valence-electron chi connectivity index (χ0n) is 12.4. The number of aliphatic carboxylic acids is 2. The summed E-state index contributed by atoms with van der Waals surface area (Å²) >= 11 is 0. The van der Waals surface area contributed by atoms with E-state index in [4.69, 9.17) is 30.6 Å². The zero-order chi connectivity index (χ0) is 20.6. The molecule has 0 saturated carbocycles. The quantitative estimate of drug-likeness (QED) is 0.132. The van der Waals surface area contributed by atoms with Crippen molar-refractivity contribution in [1.82, 2.24) is 0 Å². The van der Waals surface area contributed by atoms with E-state index in [-0.39, 0.29) is 12.2 Å². The lowest BCUT2D eigenvalue weighted by atomic mass is 10.2. The molecule has 0 radical (unpaired) electrons. The van der Waals surface area contributed by atoms with Gasteiger partial charge in [-0.05, 0) is 0 Å². The minimum Gasteiger partial charge on any atom is -0.479 e. The van der Waals surface area contributed by atoms with Crippen molar-refractivity contribution >= 4 is 35.8 Å². The van der Waals surface area contributed by atoms with E-state index >= 15 is 0 Å². The van der Waals surface area contributed by atoms with Gasteiger partial charge in [0.25, 0.3) is 0 Å². The maximum Gasteiger partial charge on any atom is 0.346 e. The van der Waals surface area contributed by atoms with Gasteiger partial charge in [-0.2, -0.15) is 0 Å². The number of carboxylic acid groups (broad SMARTS) is 2. The number of carbonyl (C=O) groups excluding carboxylic acids is 4. The molecule has 14 heteroatoms. The Hall–Kier alpha value is -3.20. The molecule has 0 spiro atoms. The molecule has 0 aliphatic carbocycles. The maximum absolute atomic E-state index is 11.1. The van der Waals surface area contributed by atoms with Gasteiger partial charge in [-0.3, -0.25) is 0 Å². The van der Waals surface area contributed by atoms with E-state index in [0.29, 0.717) is 0 Å². The van der Waals surface area contributed by atoms with Crippen LogP contribution in [-0.4, -0.2) is 90.9 Å². The first kappa shape index (κ1) is 22.8. The lowest BCUT2D eigenvalue weighted by Crippen LogP contribution is -2.41. The Morgan fingerprint density at radius 1 is 0.577 bits per heavy atom. The van der Waals surface area contributed by atoms with E-state index in [2.05, 4.69) is 9.47 Å². The first-order valence-corrected chi connectivity index (χ1v) is 6.25. The monoisotopic (exact) mass is 380 g/mol. The number of aliphatic hydroxyl groups is 4. The van der Waals surface area contributed by atoms with Crippen molar-refractivity contribution in [2.24, 2.45) is 0 Å². The summed E-state index contributed by atoms with van der Waals surface area (Å²) in [5.74, 6) is -11.0. The lowest BCUT2D eigenvalue weighted by Gasteiger charge is -2.11. The van der Waals surface area contributed by atoms with E-state index in [1.54, 1.807) is 0 Å². The van der Waals surface area contributed by atoms with Gasteiger partial charge < -0.3 is 40.1 Å². The van der Waals surface area contributed by atoms with Crippen LogP contribution in [0.4, 0.5) is 0 Å². The van der Waals surface area contributed by atoms with E-state index in [0.717, 1.165) is 0 Å². The molecule has 0 aliphatic rings. The van der Waals surface area contributed by atoms with Crippen molar-refractivity contribution in [2.75, 3.05) is 0 Å². The van der Waals surface area contributed by atoms with Gasteiger partial charge >= 0.3 is 35.8 Å². The Kier molecular flexibility index (Phi) is 8.72. The first-order valence-electron chi connectivity index (χ1n) is 6.25. The van der Waals surface area contributed by atoms with Gasteiger partial charge in [0.15, 0.2) is 24.4 Å². The lowest BCUT2D eigenvalue weighted by molar-refractivity contribution is -0.174. The predicted molar refractivity (Wildman–Crippen MR) is 70.6 cm³/mol. The number of aliphatic hydroxyl groups excluding tert-OH is 4. The third-order valence-corrected chi connectivity index (χ3v) is 2.35. The second-order valence-corrected chi connectivity index (χ2v) is 4.27. The molecule has 0 aromatic rings. The van der Waals surface area contributed by atoms with E-state index in [1.807, 2.05) is 0 Å². The molecule has 6 N–H and O–H groups in total. The predicted octanol–water partition coefficient (Wildman–Crippen LogP) is -4.70. The van der Waals surface area contributed by atoms with Crippen LogP contribution in [0, 0.1) is 0 Å². The van der Waals surface area contributed by atoms with Crippen molar-refractivity contribution in [1.29, 1.82) is 0 Å². The average Bonchev–Trinajstić information content (AvgIpc) is 2.56. The van der Waals surface area contributed by atoms with Crippen molar-refractivity contribution in [3.05, 3.63) is 12.2 Å². The van der Waals surface area contributed by atoms with Crippen LogP contribution in [0.25, 0.3) is 0 Å². The van der Waals surface area contributed by atoms with E-state index in [1.165, 1.54) is 0 Å². The van der Waals surface area contributed by atoms with Crippen molar-refractivity contribution in [3.63, 3.8) is 0 Å². The SMILES string of the molecule is O=C(/C=C/C(=O)OC(=O)C(O)C(O)C(=O)O)OC(=O)C(O)C(O)C(=O)O. The van der Waals surface area contributed by atoms with Crippen molar-refractivity contribution in [3.8, 4) is 0 Å². The number of carbonyl (C=O) groups is 6. The largest absolute Gasteiger partial charge is 0.479 e. The summed E-state index contributed by atoms with van der Waals surface area (Å²) in [6.07, 6.45) is -9.99. The van der Waals surface area contributed by atoms with Crippen LogP contribution in [0.2, 0.25) is 0 Å². The zero-order valence-corrected chi connectivity index (χ0v) is 12.4. The summed E-state index contributed by atoms with van der Waals surface area (Å²) in [5, 5.41) is 52.5. The molecule has 4 atom stereocenters. The molecule has 0 fully saturated rings. The first-order chi connectivity index (χ1) is 11.9. The fourth-order valence-corrected chi connectivity index (χ4v) is 1.05.